The van der Waals surface area contributed by atoms with Gasteiger partial charge in [-0.25, -0.2) is 8.42 Å². The summed E-state index contributed by atoms with van der Waals surface area (Å²) in [4.78, 5) is -0.178. The number of benzene rings is 1. The second-order valence-electron chi connectivity index (χ2n) is 3.16. The number of hydrogen-bond donors (Lipinski definition) is 1. The van der Waals surface area contributed by atoms with Crippen LogP contribution in [0, 0.1) is 12.3 Å². The minimum absolute atomic E-state index is 0.178. The molecule has 1 N–H and O–H groups in total. The normalized spacial score (nSPS) is 11.2. The summed E-state index contributed by atoms with van der Waals surface area (Å²) in [6, 6.07) is 5.78. The summed E-state index contributed by atoms with van der Waals surface area (Å²) < 4.78 is 37.7. The predicted octanol–water partition coefficient (Wildman–Crippen LogP) is 0.924. The number of rotatable bonds is 3. The van der Waals surface area contributed by atoms with E-state index < -0.39 is 10.1 Å². The van der Waals surface area contributed by atoms with Crippen LogP contribution in [0.2, 0.25) is 0 Å². The number of ether oxygens (including phenoxy) is 1. The third-order valence-electron chi connectivity index (χ3n) is 1.83. The van der Waals surface area contributed by atoms with E-state index in [-0.39, 0.29) is 4.90 Å². The van der Waals surface area contributed by atoms with E-state index in [9.17, 15) is 13.0 Å². The monoisotopic (exact) mass is 377 g/mol. The fourth-order valence-corrected chi connectivity index (χ4v) is 1.91. The summed E-state index contributed by atoms with van der Waals surface area (Å²) >= 11 is 1.26. The van der Waals surface area contributed by atoms with Crippen molar-refractivity contribution in [3.63, 3.8) is 0 Å². The van der Waals surface area contributed by atoms with E-state index in [2.05, 4.69) is 4.74 Å². The summed E-state index contributed by atoms with van der Waals surface area (Å²) in [7, 11) is -2.71. The van der Waals surface area contributed by atoms with Crippen LogP contribution in [-0.2, 0) is 14.9 Å². The number of nitrogens with one attached hydrogen (secondary N) is 1. The van der Waals surface area contributed by atoms with Gasteiger partial charge < -0.3 is 4.55 Å². The molecule has 0 aliphatic heterocycles. The van der Waals surface area contributed by atoms with E-state index in [0.29, 0.717) is 5.76 Å². The molecule has 5 nitrogen and oxygen atoms in total. The molecular formula is C11H14NO4SSb-. The van der Waals surface area contributed by atoms with E-state index in [1.807, 2.05) is 10.9 Å². The smallest absolute Gasteiger partial charge is 0.124 e. The van der Waals surface area contributed by atoms with Crippen LogP contribution in [-0.4, -0.2) is 49.3 Å². The molecule has 7 heteroatoms. The second-order valence-corrected chi connectivity index (χ2v) is 5.37. The Kier molecular flexibility index (Phi) is 7.91. The summed E-state index contributed by atoms with van der Waals surface area (Å²) in [6.45, 7) is 1.82. The van der Waals surface area contributed by atoms with Crippen molar-refractivity contribution in [2.75, 3.05) is 7.11 Å². The number of allylic oxidation sites excluding steroid dienone is 1. The summed E-state index contributed by atoms with van der Waals surface area (Å²) in [5.74, 6) is 0.637. The second kappa shape index (κ2) is 8.29. The van der Waals surface area contributed by atoms with Crippen molar-refractivity contribution < 1.29 is 17.7 Å². The van der Waals surface area contributed by atoms with Gasteiger partial charge in [0.05, 0.1) is 4.90 Å². The van der Waals surface area contributed by atoms with E-state index in [1.54, 1.807) is 19.2 Å². The minimum atomic E-state index is -4.27. The molecule has 0 saturated heterocycles. The molecule has 0 unspecified atom stereocenters. The predicted molar refractivity (Wildman–Crippen MR) is 70.2 cm³/mol. The molecule has 0 aromatic heterocycles. The van der Waals surface area contributed by atoms with E-state index in [1.165, 1.54) is 41.4 Å². The average Bonchev–Trinajstić information content (AvgIpc) is 2.31. The number of hydrogen-bond acceptors (Lipinski definition) is 5. The van der Waals surface area contributed by atoms with Gasteiger partial charge in [-0.15, -0.1) is 0 Å². The maximum absolute atomic E-state index is 10.4. The van der Waals surface area contributed by atoms with Gasteiger partial charge >= 0.3 is 56.3 Å². The molecular weight excluding hydrogens is 364 g/mol. The zero-order chi connectivity index (χ0) is 14.2. The van der Waals surface area contributed by atoms with Gasteiger partial charge in [-0.2, -0.15) is 0 Å². The Bertz CT molecular complexity index is 508. The van der Waals surface area contributed by atoms with Gasteiger partial charge in [0.2, 0.25) is 0 Å². The molecule has 1 radical (unpaired) electrons. The molecule has 1 aromatic carbocycles. The first-order valence-corrected chi connectivity index (χ1v) is 7.85. The third-order valence-corrected chi connectivity index (χ3v) is 3.49. The first-order chi connectivity index (χ1) is 8.35. The zero-order valence-corrected chi connectivity index (χ0v) is 13.7. The van der Waals surface area contributed by atoms with Crippen molar-refractivity contribution >= 4 is 39.4 Å². The molecule has 0 spiro atoms. The molecule has 0 aliphatic rings. The van der Waals surface area contributed by atoms with Crippen LogP contribution in [0.5, 0.6) is 0 Å². The molecule has 0 aliphatic carbocycles. The molecule has 0 fully saturated rings. The Labute approximate surface area is 121 Å². The van der Waals surface area contributed by atoms with Crippen molar-refractivity contribution in [1.82, 2.24) is 0 Å². The molecule has 0 saturated carbocycles. The van der Waals surface area contributed by atoms with Gasteiger partial charge in [0.1, 0.15) is 10.1 Å². The Morgan fingerprint density at radius 3 is 2.11 bits per heavy atom. The van der Waals surface area contributed by atoms with Gasteiger partial charge in [0, 0.05) is 0 Å². The van der Waals surface area contributed by atoms with Gasteiger partial charge in [-0.05, 0) is 19.1 Å². The van der Waals surface area contributed by atoms with E-state index in [4.69, 9.17) is 5.41 Å². The quantitative estimate of drug-likeness (QED) is 0.367. The van der Waals surface area contributed by atoms with Crippen LogP contribution in [0.4, 0.5) is 0 Å². The van der Waals surface area contributed by atoms with Crippen LogP contribution in [0.15, 0.2) is 38.9 Å². The average molecular weight is 378 g/mol. The zero-order valence-electron chi connectivity index (χ0n) is 10.0. The van der Waals surface area contributed by atoms with Crippen LogP contribution < -0.4 is 0 Å². The van der Waals surface area contributed by atoms with Gasteiger partial charge in [-0.1, -0.05) is 17.7 Å². The SMILES string of the molecule is COC(C=N)=[CH][SbH].Cc1ccc(S(=O)(=O)[O-])cc1. The standard InChI is InChI=1S/C7H8O3S.C4H6NO.Sb.H/c1-6-2-4-7(5-3-6)11(8,9)10;1-4(3-5)6-2;;/h2-5H,1H3,(H,8,9,10);1,3,5H,2H3;;/p-1. The van der Waals surface area contributed by atoms with Gasteiger partial charge in [0.15, 0.2) is 0 Å². The Hall–Kier alpha value is -0.842. The van der Waals surface area contributed by atoms with E-state index in [0.717, 1.165) is 5.56 Å². The third kappa shape index (κ3) is 6.79. The fraction of sp³-hybridized carbons (Fsp3) is 0.182. The molecule has 0 amide bonds. The van der Waals surface area contributed by atoms with Crippen LogP contribution in [0.25, 0.3) is 0 Å². The number of methoxy groups -OCH3 is 1. The fourth-order valence-electron chi connectivity index (χ4n) is 0.864. The molecule has 0 heterocycles. The summed E-state index contributed by atoms with van der Waals surface area (Å²) in [5.41, 5.74) is 0.928. The van der Waals surface area contributed by atoms with Crippen LogP contribution in [0.1, 0.15) is 5.56 Å². The van der Waals surface area contributed by atoms with Crippen molar-refractivity contribution in [2.45, 2.75) is 11.8 Å². The topological polar surface area (TPSA) is 90.3 Å². The van der Waals surface area contributed by atoms with Crippen LogP contribution >= 0.6 is 0 Å². The van der Waals surface area contributed by atoms with Gasteiger partial charge in [-0.3, -0.25) is 0 Å². The van der Waals surface area contributed by atoms with Crippen molar-refractivity contribution in [3.8, 4) is 0 Å². The number of aryl methyl sites for hydroxylation is 1. The Morgan fingerprint density at radius 1 is 1.39 bits per heavy atom. The van der Waals surface area contributed by atoms with Crippen molar-refractivity contribution in [2.24, 2.45) is 0 Å². The molecule has 0 atom stereocenters. The van der Waals surface area contributed by atoms with E-state index >= 15 is 0 Å². The maximum Gasteiger partial charge on any atom is 0.124 e. The first-order valence-electron chi connectivity index (χ1n) is 4.79. The summed E-state index contributed by atoms with van der Waals surface area (Å²) in [6.07, 6.45) is 1.19. The largest absolute Gasteiger partial charge is 0.744 e. The Morgan fingerprint density at radius 2 is 1.89 bits per heavy atom. The Balaban J connectivity index is 0.000000360. The van der Waals surface area contributed by atoms with Crippen LogP contribution in [0.3, 0.4) is 0 Å². The molecule has 0 bridgehead atoms. The van der Waals surface area contributed by atoms with Crippen molar-refractivity contribution in [3.05, 3.63) is 39.6 Å². The maximum atomic E-state index is 10.4. The molecule has 99 valence electrons. The van der Waals surface area contributed by atoms with Gasteiger partial charge in [0.25, 0.3) is 0 Å². The molecule has 1 rings (SSSR count). The molecule has 1 aromatic rings. The summed E-state index contributed by atoms with van der Waals surface area (Å²) in [5, 5.41) is 6.66. The van der Waals surface area contributed by atoms with Crippen molar-refractivity contribution in [1.29, 1.82) is 5.41 Å². The molecule has 18 heavy (non-hydrogen) atoms. The minimum Gasteiger partial charge on any atom is -0.744 e. The first kappa shape index (κ1) is 17.2.